The van der Waals surface area contributed by atoms with Crippen LogP contribution in [0.25, 0.3) is 0 Å². The van der Waals surface area contributed by atoms with E-state index in [2.05, 4.69) is 9.97 Å². The summed E-state index contributed by atoms with van der Waals surface area (Å²) in [6.45, 7) is 0. The van der Waals surface area contributed by atoms with Crippen molar-refractivity contribution in [2.45, 2.75) is 4.90 Å². The number of nitrogens with one attached hydrogen (secondary N) is 1. The number of aromatic nitrogens is 2. The second-order valence-corrected chi connectivity index (χ2v) is 4.64. The van der Waals surface area contributed by atoms with Crippen LogP contribution in [-0.2, 0) is 32.5 Å². The van der Waals surface area contributed by atoms with Crippen LogP contribution in [0.5, 0.6) is 5.75 Å². The number of benzene rings is 1. The van der Waals surface area contributed by atoms with Gasteiger partial charge in [-0.3, -0.25) is 4.55 Å². The zero-order valence-electron chi connectivity index (χ0n) is 9.69. The number of aromatic hydroxyl groups is 1. The minimum atomic E-state index is -4.45. The summed E-state index contributed by atoms with van der Waals surface area (Å²) < 4.78 is 29.8. The summed E-state index contributed by atoms with van der Waals surface area (Å²) in [4.78, 5) is 16.3. The first-order valence-electron chi connectivity index (χ1n) is 4.79. The van der Waals surface area contributed by atoms with Crippen LogP contribution in [0.15, 0.2) is 41.8 Å². The van der Waals surface area contributed by atoms with E-state index in [9.17, 15) is 13.2 Å². The van der Waals surface area contributed by atoms with Gasteiger partial charge in [-0.15, -0.1) is 0 Å². The predicted octanol–water partition coefficient (Wildman–Crippen LogP) is 0.744. The van der Waals surface area contributed by atoms with Gasteiger partial charge in [0.15, 0.2) is 0 Å². The van der Waals surface area contributed by atoms with Crippen LogP contribution in [-0.4, -0.2) is 39.1 Å². The number of hydrogen-bond donors (Lipinski definition) is 4. The first kappa shape index (κ1) is 18.4. The zero-order valence-corrected chi connectivity index (χ0v) is 12.0. The molecule has 0 spiro atoms. The van der Waals surface area contributed by atoms with Gasteiger partial charge in [0.1, 0.15) is 11.3 Å². The maximum Gasteiger partial charge on any atom is 0.339 e. The summed E-state index contributed by atoms with van der Waals surface area (Å²) in [5.41, 5.74) is -0.583. The molecule has 0 bridgehead atoms. The molecule has 4 N–H and O–H groups in total. The van der Waals surface area contributed by atoms with Crippen molar-refractivity contribution in [3.8, 4) is 5.75 Å². The summed E-state index contributed by atoms with van der Waals surface area (Å²) in [6.07, 6.45) is 5.08. The average Bonchev–Trinajstić information content (AvgIpc) is 2.86. The van der Waals surface area contributed by atoms with Crippen molar-refractivity contribution in [1.82, 2.24) is 9.97 Å². The number of hydrogen-bond acceptors (Lipinski definition) is 5. The van der Waals surface area contributed by atoms with Crippen molar-refractivity contribution in [3.05, 3.63) is 42.5 Å². The van der Waals surface area contributed by atoms with E-state index in [1.54, 1.807) is 18.7 Å². The zero-order chi connectivity index (χ0) is 14.5. The van der Waals surface area contributed by atoms with E-state index in [0.29, 0.717) is 6.07 Å². The van der Waals surface area contributed by atoms with Gasteiger partial charge in [-0.1, -0.05) is 0 Å². The molecule has 0 saturated carbocycles. The van der Waals surface area contributed by atoms with Crippen LogP contribution in [0.2, 0.25) is 0 Å². The van der Waals surface area contributed by atoms with Crippen LogP contribution < -0.4 is 0 Å². The van der Waals surface area contributed by atoms with E-state index in [4.69, 9.17) is 14.8 Å². The van der Waals surface area contributed by atoms with Gasteiger partial charge in [0.05, 0.1) is 11.2 Å². The van der Waals surface area contributed by atoms with Crippen molar-refractivity contribution in [3.63, 3.8) is 0 Å². The molecule has 1 aromatic heterocycles. The second-order valence-electron chi connectivity index (χ2n) is 3.22. The number of carbonyl (C=O) groups is 1. The smallest absolute Gasteiger partial charge is 0.339 e. The molecule has 0 unspecified atom stereocenters. The average molecular weight is 394 g/mol. The fourth-order valence-corrected chi connectivity index (χ4v) is 1.57. The van der Waals surface area contributed by atoms with Crippen molar-refractivity contribution in [2.75, 3.05) is 0 Å². The van der Waals surface area contributed by atoms with Gasteiger partial charge >= 0.3 is 5.97 Å². The van der Waals surface area contributed by atoms with Crippen LogP contribution >= 0.6 is 0 Å². The Labute approximate surface area is 129 Å². The molecular formula is C10H10AgN2O6S. The Morgan fingerprint density at radius 3 is 2.30 bits per heavy atom. The molecule has 20 heavy (non-hydrogen) atoms. The van der Waals surface area contributed by atoms with Crippen molar-refractivity contribution in [1.29, 1.82) is 0 Å². The fourth-order valence-electron chi connectivity index (χ4n) is 1.06. The predicted molar refractivity (Wildman–Crippen MR) is 63.5 cm³/mol. The molecule has 8 nitrogen and oxygen atoms in total. The SMILES string of the molecule is O=C(O)c1cc(S(=O)(=O)O)ccc1O.[Ag].c1c[nH]cn1. The van der Waals surface area contributed by atoms with Crippen LogP contribution in [0, 0.1) is 0 Å². The molecule has 0 aliphatic carbocycles. The number of phenols is 1. The number of carboxylic acids is 1. The van der Waals surface area contributed by atoms with Crippen LogP contribution in [0.4, 0.5) is 0 Å². The fraction of sp³-hybridized carbons (Fsp3) is 0. The topological polar surface area (TPSA) is 141 Å². The first-order valence-corrected chi connectivity index (χ1v) is 6.23. The number of aromatic carboxylic acids is 1. The summed E-state index contributed by atoms with van der Waals surface area (Å²) >= 11 is 0. The van der Waals surface area contributed by atoms with Crippen LogP contribution in [0.1, 0.15) is 10.4 Å². The maximum atomic E-state index is 10.6. The molecule has 10 heteroatoms. The minimum Gasteiger partial charge on any atom is -0.507 e. The summed E-state index contributed by atoms with van der Waals surface area (Å²) in [5.74, 6) is -2.04. The molecule has 0 atom stereocenters. The normalized spacial score (nSPS) is 9.85. The van der Waals surface area contributed by atoms with Gasteiger partial charge in [0.25, 0.3) is 10.1 Å². The Balaban J connectivity index is 0.000000507. The summed E-state index contributed by atoms with van der Waals surface area (Å²) in [7, 11) is -4.45. The monoisotopic (exact) mass is 393 g/mol. The number of H-pyrrole nitrogens is 1. The summed E-state index contributed by atoms with van der Waals surface area (Å²) in [6, 6.07) is 2.46. The third kappa shape index (κ3) is 5.55. The third-order valence-corrected chi connectivity index (χ3v) is 2.75. The Morgan fingerprint density at radius 2 is 1.95 bits per heavy atom. The van der Waals surface area contributed by atoms with E-state index in [0.717, 1.165) is 12.1 Å². The Kier molecular flexibility index (Phi) is 7.18. The molecule has 0 aliphatic rings. The molecule has 1 aromatic carbocycles. The van der Waals surface area contributed by atoms with Gasteiger partial charge in [0, 0.05) is 34.8 Å². The Hall–Kier alpha value is -1.65. The molecule has 0 amide bonds. The van der Waals surface area contributed by atoms with Crippen molar-refractivity contribution in [2.24, 2.45) is 0 Å². The van der Waals surface area contributed by atoms with Crippen molar-refractivity contribution >= 4 is 16.1 Å². The molecule has 2 rings (SSSR count). The largest absolute Gasteiger partial charge is 0.507 e. The second kappa shape index (κ2) is 7.82. The molecule has 1 radical (unpaired) electrons. The van der Waals surface area contributed by atoms with Crippen molar-refractivity contribution < 1.29 is 50.4 Å². The standard InChI is InChI=1S/C7H6O6S.C3H4N2.Ag/c8-6-2-1-4(14(11,12)13)3-5(6)7(9)10;1-2-5-3-4-1;/h1-3,8H,(H,9,10)(H,11,12,13);1-3H,(H,4,5);. The van der Waals surface area contributed by atoms with E-state index in [-0.39, 0.29) is 22.4 Å². The van der Waals surface area contributed by atoms with Crippen LogP contribution in [0.3, 0.4) is 0 Å². The minimum absolute atomic E-state index is 0. The molecule has 0 fully saturated rings. The number of carboxylic acid groups (broad SMARTS) is 1. The Morgan fingerprint density at radius 1 is 1.30 bits per heavy atom. The number of rotatable bonds is 2. The first-order chi connectivity index (χ1) is 8.82. The van der Waals surface area contributed by atoms with E-state index in [1.165, 1.54) is 0 Å². The molecule has 1 heterocycles. The number of nitrogens with zero attached hydrogens (tertiary/aromatic N) is 1. The molecule has 113 valence electrons. The van der Waals surface area contributed by atoms with Gasteiger partial charge in [0.2, 0.25) is 0 Å². The quantitative estimate of drug-likeness (QED) is 0.435. The maximum absolute atomic E-state index is 10.6. The molecule has 0 saturated heterocycles. The molecule has 2 aromatic rings. The van der Waals surface area contributed by atoms with Gasteiger partial charge in [-0.2, -0.15) is 8.42 Å². The Bertz CT molecular complexity index is 639. The number of aromatic amines is 1. The van der Waals surface area contributed by atoms with E-state index < -0.39 is 32.3 Å². The third-order valence-electron chi connectivity index (χ3n) is 1.90. The van der Waals surface area contributed by atoms with E-state index in [1.807, 2.05) is 0 Å². The number of imidazole rings is 1. The molecular weight excluding hydrogens is 384 g/mol. The van der Waals surface area contributed by atoms with Gasteiger partial charge in [-0.25, -0.2) is 9.78 Å². The van der Waals surface area contributed by atoms with Gasteiger partial charge in [-0.05, 0) is 18.2 Å². The van der Waals surface area contributed by atoms with E-state index >= 15 is 0 Å². The molecule has 0 aliphatic heterocycles. The van der Waals surface area contributed by atoms with Gasteiger partial charge < -0.3 is 15.2 Å². The summed E-state index contributed by atoms with van der Waals surface area (Å²) in [5, 5.41) is 17.5.